The molecule has 0 saturated heterocycles. The maximum atomic E-state index is 12.4. The summed E-state index contributed by atoms with van der Waals surface area (Å²) in [7, 11) is 1.88. The fraction of sp³-hybridized carbons (Fsp3) is 0.615. The monoisotopic (exact) mass is 315 g/mol. The molecule has 0 N–H and O–H groups in total. The summed E-state index contributed by atoms with van der Waals surface area (Å²) in [4.78, 5) is 16.5. The number of carbonyl (C=O) groups excluding carboxylic acids is 1. The van der Waals surface area contributed by atoms with Gasteiger partial charge in [0.1, 0.15) is 0 Å². The highest BCUT2D eigenvalue weighted by Crippen LogP contribution is 2.32. The second-order valence-electron chi connectivity index (χ2n) is 5.22. The highest BCUT2D eigenvalue weighted by Gasteiger charge is 2.29. The van der Waals surface area contributed by atoms with E-state index in [9.17, 15) is 4.79 Å². The summed E-state index contributed by atoms with van der Waals surface area (Å²) < 4.78 is 0. The topological polar surface area (TPSA) is 20.3 Å². The number of aryl methyl sites for hydroxylation is 2. The predicted octanol–water partition coefficient (Wildman–Crippen LogP) is 3.48. The number of halogens is 1. The minimum atomic E-state index is -0.147. The number of amides is 1. The van der Waals surface area contributed by atoms with Crippen molar-refractivity contribution in [3.8, 4) is 0 Å². The molecule has 1 aromatic heterocycles. The summed E-state index contributed by atoms with van der Waals surface area (Å²) in [6, 6.07) is 2.09. The fourth-order valence-corrected chi connectivity index (χ4v) is 3.57. The number of hydrogen-bond acceptors (Lipinski definition) is 2. The molecule has 1 aromatic rings. The van der Waals surface area contributed by atoms with Gasteiger partial charge >= 0.3 is 0 Å². The maximum Gasteiger partial charge on any atom is 0.264 e. The van der Waals surface area contributed by atoms with Crippen molar-refractivity contribution in [1.82, 2.24) is 4.90 Å². The number of fused-ring (bicyclic) bond motifs is 1. The number of nitrogens with zero attached hydrogens (tertiary/aromatic N) is 1. The van der Waals surface area contributed by atoms with Crippen LogP contribution in [0, 0.1) is 0 Å². The zero-order chi connectivity index (χ0) is 12.6. The third-order valence-corrected chi connectivity index (χ3v) is 6.09. The van der Waals surface area contributed by atoms with Crippen molar-refractivity contribution in [2.75, 3.05) is 12.4 Å². The Morgan fingerprint density at radius 2 is 2.24 bits per heavy atom. The van der Waals surface area contributed by atoms with E-state index >= 15 is 0 Å². The smallest absolute Gasteiger partial charge is 0.264 e. The first-order valence-electron chi connectivity index (χ1n) is 5.91. The van der Waals surface area contributed by atoms with Crippen LogP contribution in [0.5, 0.6) is 0 Å². The van der Waals surface area contributed by atoms with Gasteiger partial charge in [0.25, 0.3) is 5.91 Å². The molecular formula is C13H18BrNOS. The van der Waals surface area contributed by atoms with Gasteiger partial charge in [-0.2, -0.15) is 0 Å². The third kappa shape index (κ3) is 2.43. The van der Waals surface area contributed by atoms with Crippen molar-refractivity contribution in [3.05, 3.63) is 21.4 Å². The number of carbonyl (C=O) groups is 1. The molecule has 0 unspecified atom stereocenters. The van der Waals surface area contributed by atoms with Crippen molar-refractivity contribution < 1.29 is 4.79 Å². The maximum absolute atomic E-state index is 12.4. The second-order valence-corrected chi connectivity index (χ2v) is 6.92. The van der Waals surface area contributed by atoms with E-state index in [1.165, 1.54) is 16.9 Å². The average Bonchev–Trinajstić information content (AvgIpc) is 2.86. The minimum Gasteiger partial charge on any atom is -0.335 e. The van der Waals surface area contributed by atoms with Crippen LogP contribution in [0.4, 0.5) is 0 Å². The molecular weight excluding hydrogens is 298 g/mol. The summed E-state index contributed by atoms with van der Waals surface area (Å²) in [5.74, 6) is 0.147. The molecule has 0 radical (unpaired) electrons. The van der Waals surface area contributed by atoms with Crippen LogP contribution in [0.25, 0.3) is 0 Å². The first-order valence-corrected chi connectivity index (χ1v) is 7.85. The van der Waals surface area contributed by atoms with Gasteiger partial charge in [-0.25, -0.2) is 0 Å². The Balaban J connectivity index is 2.19. The van der Waals surface area contributed by atoms with Gasteiger partial charge in [-0.05, 0) is 44.7 Å². The van der Waals surface area contributed by atoms with Crippen LogP contribution < -0.4 is 0 Å². The van der Waals surface area contributed by atoms with Crippen molar-refractivity contribution in [2.24, 2.45) is 0 Å². The number of alkyl halides is 1. The van der Waals surface area contributed by atoms with Crippen LogP contribution in [0.15, 0.2) is 6.07 Å². The quantitative estimate of drug-likeness (QED) is 0.782. The summed E-state index contributed by atoms with van der Waals surface area (Å²) >= 11 is 5.14. The summed E-state index contributed by atoms with van der Waals surface area (Å²) in [5.41, 5.74) is 1.24. The Hall–Kier alpha value is -0.350. The van der Waals surface area contributed by atoms with Crippen LogP contribution in [0.1, 0.15) is 40.4 Å². The highest BCUT2D eigenvalue weighted by molar-refractivity contribution is 9.09. The van der Waals surface area contributed by atoms with E-state index in [-0.39, 0.29) is 11.4 Å². The fourth-order valence-electron chi connectivity index (χ4n) is 1.96. The summed E-state index contributed by atoms with van der Waals surface area (Å²) in [6.07, 6.45) is 3.54. The van der Waals surface area contributed by atoms with Gasteiger partial charge in [0.15, 0.2) is 0 Å². The van der Waals surface area contributed by atoms with E-state index in [4.69, 9.17) is 0 Å². The molecule has 0 aliphatic heterocycles. The Bertz CT molecular complexity index is 417. The van der Waals surface area contributed by atoms with Crippen molar-refractivity contribution in [3.63, 3.8) is 0 Å². The normalized spacial score (nSPS) is 14.8. The van der Waals surface area contributed by atoms with Gasteiger partial charge in [0, 0.05) is 22.8 Å². The van der Waals surface area contributed by atoms with Crippen LogP contribution in [-0.4, -0.2) is 28.7 Å². The van der Waals surface area contributed by atoms with Crippen LogP contribution in [0.3, 0.4) is 0 Å². The molecule has 1 amide bonds. The second kappa shape index (κ2) is 4.73. The lowest BCUT2D eigenvalue weighted by atomic mass is 10.1. The van der Waals surface area contributed by atoms with E-state index in [0.29, 0.717) is 0 Å². The standard InChI is InChI=1S/C13H18BrNOS/c1-13(2,8-14)15(3)12(16)11-7-9-5-4-6-10(9)17-11/h7H,4-6,8H2,1-3H3. The Kier molecular flexibility index (Phi) is 3.64. The molecule has 94 valence electrons. The lowest BCUT2D eigenvalue weighted by Gasteiger charge is -2.33. The van der Waals surface area contributed by atoms with Gasteiger partial charge in [0.05, 0.1) is 4.88 Å². The molecule has 1 aliphatic rings. The zero-order valence-corrected chi connectivity index (χ0v) is 12.9. The molecule has 2 nitrogen and oxygen atoms in total. The minimum absolute atomic E-state index is 0.147. The summed E-state index contributed by atoms with van der Waals surface area (Å²) in [5, 5.41) is 0.785. The van der Waals surface area contributed by atoms with E-state index in [1.54, 1.807) is 11.3 Å². The predicted molar refractivity (Wildman–Crippen MR) is 76.3 cm³/mol. The number of thiophene rings is 1. The van der Waals surface area contributed by atoms with Gasteiger partial charge in [-0.15, -0.1) is 11.3 Å². The Morgan fingerprint density at radius 3 is 2.82 bits per heavy atom. The SMILES string of the molecule is CN(C(=O)c1cc2c(s1)CCC2)C(C)(C)CBr. The number of rotatable bonds is 3. The van der Waals surface area contributed by atoms with Crippen molar-refractivity contribution in [1.29, 1.82) is 0 Å². The molecule has 0 atom stereocenters. The highest BCUT2D eigenvalue weighted by atomic mass is 79.9. The molecule has 2 rings (SSSR count). The molecule has 4 heteroatoms. The molecule has 1 heterocycles. The summed E-state index contributed by atoms with van der Waals surface area (Å²) in [6.45, 7) is 4.14. The molecule has 0 aromatic carbocycles. The molecule has 1 aliphatic carbocycles. The lowest BCUT2D eigenvalue weighted by Crippen LogP contribution is -2.46. The van der Waals surface area contributed by atoms with Gasteiger partial charge in [-0.1, -0.05) is 15.9 Å². The first kappa shape index (κ1) is 13.1. The Labute approximate surface area is 115 Å². The van der Waals surface area contributed by atoms with Crippen molar-refractivity contribution >= 4 is 33.2 Å². The van der Waals surface area contributed by atoms with E-state index in [2.05, 4.69) is 35.8 Å². The van der Waals surface area contributed by atoms with E-state index in [0.717, 1.165) is 23.0 Å². The van der Waals surface area contributed by atoms with Crippen LogP contribution in [0.2, 0.25) is 0 Å². The molecule has 0 saturated carbocycles. The molecule has 0 bridgehead atoms. The molecule has 0 spiro atoms. The number of hydrogen-bond donors (Lipinski definition) is 0. The van der Waals surface area contributed by atoms with Crippen molar-refractivity contribution in [2.45, 2.75) is 38.6 Å². The largest absolute Gasteiger partial charge is 0.335 e. The third-order valence-electron chi connectivity index (χ3n) is 3.50. The average molecular weight is 316 g/mol. The van der Waals surface area contributed by atoms with Gasteiger partial charge in [-0.3, -0.25) is 4.79 Å². The molecule has 17 heavy (non-hydrogen) atoms. The Morgan fingerprint density at radius 1 is 1.53 bits per heavy atom. The van der Waals surface area contributed by atoms with Crippen LogP contribution in [-0.2, 0) is 12.8 Å². The van der Waals surface area contributed by atoms with Gasteiger partial charge < -0.3 is 4.90 Å². The van der Waals surface area contributed by atoms with E-state index in [1.807, 2.05) is 11.9 Å². The zero-order valence-electron chi connectivity index (χ0n) is 10.5. The first-order chi connectivity index (χ1) is 7.95. The lowest BCUT2D eigenvalue weighted by molar-refractivity contribution is 0.0668. The van der Waals surface area contributed by atoms with Gasteiger partial charge in [0.2, 0.25) is 0 Å². The van der Waals surface area contributed by atoms with E-state index < -0.39 is 0 Å². The molecule has 0 fully saturated rings. The van der Waals surface area contributed by atoms with Crippen LogP contribution >= 0.6 is 27.3 Å².